The predicted molar refractivity (Wildman–Crippen MR) is 87.8 cm³/mol. The molecular weight excluding hydrogens is 331 g/mol. The van der Waals surface area contributed by atoms with Gasteiger partial charge >= 0.3 is 0 Å². The second-order valence-corrected chi connectivity index (χ2v) is 6.14. The van der Waals surface area contributed by atoms with E-state index >= 15 is 0 Å². The maximum Gasteiger partial charge on any atom is 0.123 e. The molecule has 21 heavy (non-hydrogen) atoms. The van der Waals surface area contributed by atoms with E-state index in [4.69, 9.17) is 0 Å². The first kappa shape index (κ1) is 16.1. The molecule has 1 aromatic heterocycles. The Morgan fingerprint density at radius 2 is 2.10 bits per heavy atom. The molecule has 2 rings (SSSR count). The van der Waals surface area contributed by atoms with Gasteiger partial charge in [0.05, 0.1) is 0 Å². The summed E-state index contributed by atoms with van der Waals surface area (Å²) >= 11 is 3.45. The quantitative estimate of drug-likeness (QED) is 0.824. The average molecular weight is 351 g/mol. The summed E-state index contributed by atoms with van der Waals surface area (Å²) in [4.78, 5) is 4.21. The van der Waals surface area contributed by atoms with Gasteiger partial charge in [-0.05, 0) is 77.1 Å². The molecule has 0 amide bonds. The fourth-order valence-electron chi connectivity index (χ4n) is 2.44. The van der Waals surface area contributed by atoms with Gasteiger partial charge in [0.2, 0.25) is 0 Å². The number of pyridine rings is 1. The summed E-state index contributed by atoms with van der Waals surface area (Å²) in [5, 5.41) is 3.55. The molecule has 4 heteroatoms. The van der Waals surface area contributed by atoms with Crippen LogP contribution < -0.4 is 5.32 Å². The van der Waals surface area contributed by atoms with Gasteiger partial charge in [0, 0.05) is 22.9 Å². The summed E-state index contributed by atoms with van der Waals surface area (Å²) in [7, 11) is 0. The average Bonchev–Trinajstić information content (AvgIpc) is 2.44. The van der Waals surface area contributed by atoms with Crippen LogP contribution >= 0.6 is 15.9 Å². The zero-order valence-corrected chi connectivity index (χ0v) is 14.0. The Bertz CT molecular complexity index is 601. The van der Waals surface area contributed by atoms with Crippen molar-refractivity contribution >= 4 is 15.9 Å². The van der Waals surface area contributed by atoms with Crippen molar-refractivity contribution in [1.29, 1.82) is 0 Å². The number of aromatic nitrogens is 1. The fraction of sp³-hybridized carbons (Fsp3) is 0.353. The Morgan fingerprint density at radius 3 is 2.76 bits per heavy atom. The third-order valence-electron chi connectivity index (χ3n) is 3.45. The smallest absolute Gasteiger partial charge is 0.123 e. The number of rotatable bonds is 6. The first-order valence-electron chi connectivity index (χ1n) is 7.19. The lowest BCUT2D eigenvalue weighted by atomic mass is 9.95. The molecule has 0 aliphatic rings. The highest BCUT2D eigenvalue weighted by atomic mass is 79.9. The van der Waals surface area contributed by atoms with Crippen molar-refractivity contribution in [3.8, 4) is 0 Å². The highest BCUT2D eigenvalue weighted by Gasteiger charge is 2.14. The van der Waals surface area contributed by atoms with Gasteiger partial charge in [0.1, 0.15) is 5.82 Å². The molecule has 0 bridgehead atoms. The molecule has 112 valence electrons. The van der Waals surface area contributed by atoms with Crippen molar-refractivity contribution in [3.63, 3.8) is 0 Å². The summed E-state index contributed by atoms with van der Waals surface area (Å²) in [5.74, 6) is -0.186. The van der Waals surface area contributed by atoms with Crippen molar-refractivity contribution in [2.45, 2.75) is 32.7 Å². The van der Waals surface area contributed by atoms with E-state index < -0.39 is 0 Å². The van der Waals surface area contributed by atoms with Gasteiger partial charge in [-0.15, -0.1) is 0 Å². The van der Waals surface area contributed by atoms with Gasteiger partial charge < -0.3 is 5.32 Å². The predicted octanol–water partition coefficient (Wildman–Crippen LogP) is 4.58. The van der Waals surface area contributed by atoms with Crippen LogP contribution in [0.15, 0.2) is 41.1 Å². The third kappa shape index (κ3) is 4.61. The minimum Gasteiger partial charge on any atom is -0.310 e. The lowest BCUT2D eigenvalue weighted by Crippen LogP contribution is -2.25. The Hall–Kier alpha value is -1.26. The highest BCUT2D eigenvalue weighted by molar-refractivity contribution is 9.10. The van der Waals surface area contributed by atoms with Gasteiger partial charge in [0.15, 0.2) is 0 Å². The van der Waals surface area contributed by atoms with Crippen LogP contribution in [-0.2, 0) is 6.42 Å². The van der Waals surface area contributed by atoms with Gasteiger partial charge in [-0.25, -0.2) is 4.39 Å². The van der Waals surface area contributed by atoms with E-state index in [0.29, 0.717) is 0 Å². The van der Waals surface area contributed by atoms with Crippen LogP contribution in [0.1, 0.15) is 36.1 Å². The second-order valence-electron chi connectivity index (χ2n) is 5.22. The molecule has 0 spiro atoms. The largest absolute Gasteiger partial charge is 0.310 e. The summed E-state index contributed by atoms with van der Waals surface area (Å²) in [5.41, 5.74) is 3.28. The molecule has 1 N–H and O–H groups in total. The molecular formula is C17H20BrFN2. The van der Waals surface area contributed by atoms with Gasteiger partial charge in [0.25, 0.3) is 0 Å². The molecule has 0 aliphatic heterocycles. The Kier molecular flexibility index (Phi) is 5.88. The summed E-state index contributed by atoms with van der Waals surface area (Å²) in [6.45, 7) is 5.03. The number of hydrogen-bond acceptors (Lipinski definition) is 2. The number of benzene rings is 1. The van der Waals surface area contributed by atoms with Crippen LogP contribution in [0.2, 0.25) is 0 Å². The lowest BCUT2D eigenvalue weighted by Gasteiger charge is -2.21. The van der Waals surface area contributed by atoms with E-state index in [1.165, 1.54) is 6.07 Å². The molecule has 2 aromatic rings. The van der Waals surface area contributed by atoms with Gasteiger partial charge in [-0.1, -0.05) is 13.0 Å². The van der Waals surface area contributed by atoms with Crippen LogP contribution in [0.3, 0.4) is 0 Å². The van der Waals surface area contributed by atoms with Crippen molar-refractivity contribution < 1.29 is 4.39 Å². The SMILES string of the molecule is CCCNC(Cc1cncc(Br)c1)c1ccc(F)cc1C. The minimum absolute atomic E-state index is 0.168. The van der Waals surface area contributed by atoms with Crippen LogP contribution in [0.4, 0.5) is 4.39 Å². The van der Waals surface area contributed by atoms with E-state index in [0.717, 1.165) is 40.5 Å². The normalized spacial score (nSPS) is 12.4. The second kappa shape index (κ2) is 7.66. The minimum atomic E-state index is -0.186. The molecule has 0 fully saturated rings. The third-order valence-corrected chi connectivity index (χ3v) is 3.88. The molecule has 0 saturated heterocycles. The van der Waals surface area contributed by atoms with Gasteiger partial charge in [-0.2, -0.15) is 0 Å². The molecule has 1 aromatic carbocycles. The summed E-state index contributed by atoms with van der Waals surface area (Å²) in [6, 6.07) is 7.24. The standard InChI is InChI=1S/C17H20BrFN2/c1-3-6-21-17(9-13-8-14(18)11-20-10-13)16-5-4-15(19)7-12(16)2/h4-5,7-8,10-11,17,21H,3,6,9H2,1-2H3. The zero-order chi connectivity index (χ0) is 15.2. The lowest BCUT2D eigenvalue weighted by molar-refractivity contribution is 0.524. The Balaban J connectivity index is 2.25. The first-order valence-corrected chi connectivity index (χ1v) is 7.98. The zero-order valence-electron chi connectivity index (χ0n) is 12.4. The van der Waals surface area contributed by atoms with E-state index in [1.807, 2.05) is 19.2 Å². The van der Waals surface area contributed by atoms with E-state index in [-0.39, 0.29) is 11.9 Å². The fourth-order valence-corrected chi connectivity index (χ4v) is 2.86. The molecule has 0 saturated carbocycles. The Morgan fingerprint density at radius 1 is 1.29 bits per heavy atom. The van der Waals surface area contributed by atoms with Crippen molar-refractivity contribution in [2.24, 2.45) is 0 Å². The monoisotopic (exact) mass is 350 g/mol. The van der Waals surface area contributed by atoms with Crippen molar-refractivity contribution in [2.75, 3.05) is 6.54 Å². The van der Waals surface area contributed by atoms with Crippen LogP contribution in [0.25, 0.3) is 0 Å². The van der Waals surface area contributed by atoms with Crippen LogP contribution in [0, 0.1) is 12.7 Å². The van der Waals surface area contributed by atoms with Crippen molar-refractivity contribution in [1.82, 2.24) is 10.3 Å². The first-order chi connectivity index (χ1) is 10.1. The topological polar surface area (TPSA) is 24.9 Å². The molecule has 0 aliphatic carbocycles. The number of aryl methyl sites for hydroxylation is 1. The number of halogens is 2. The maximum atomic E-state index is 13.3. The molecule has 1 atom stereocenters. The summed E-state index contributed by atoms with van der Waals surface area (Å²) in [6.07, 6.45) is 5.55. The number of nitrogens with one attached hydrogen (secondary N) is 1. The molecule has 2 nitrogen and oxygen atoms in total. The van der Waals surface area contributed by atoms with Crippen LogP contribution in [-0.4, -0.2) is 11.5 Å². The van der Waals surface area contributed by atoms with E-state index in [2.05, 4.69) is 39.2 Å². The summed E-state index contributed by atoms with van der Waals surface area (Å²) < 4.78 is 14.3. The number of hydrogen-bond donors (Lipinski definition) is 1. The van der Waals surface area contributed by atoms with Gasteiger partial charge in [-0.3, -0.25) is 4.98 Å². The number of nitrogens with zero attached hydrogens (tertiary/aromatic N) is 1. The molecule has 1 unspecified atom stereocenters. The maximum absolute atomic E-state index is 13.3. The van der Waals surface area contributed by atoms with Crippen molar-refractivity contribution in [3.05, 3.63) is 63.6 Å². The molecule has 0 radical (unpaired) electrons. The molecule has 1 heterocycles. The van der Waals surface area contributed by atoms with Crippen LogP contribution in [0.5, 0.6) is 0 Å². The van der Waals surface area contributed by atoms with E-state index in [9.17, 15) is 4.39 Å². The Labute approximate surface area is 133 Å². The van der Waals surface area contributed by atoms with E-state index in [1.54, 1.807) is 12.3 Å². The highest BCUT2D eigenvalue weighted by Crippen LogP contribution is 2.23.